The molecule has 128 valence electrons. The second kappa shape index (κ2) is 10.4. The number of unbranched alkanes of at least 4 members (excludes halogenated alkanes) is 5. The monoisotopic (exact) mass is 326 g/mol. The lowest BCUT2D eigenvalue weighted by Crippen LogP contribution is -2.24. The molecule has 4 heteroatoms. The van der Waals surface area contributed by atoms with Gasteiger partial charge in [0.1, 0.15) is 5.75 Å². The van der Waals surface area contributed by atoms with E-state index in [1.54, 1.807) is 24.4 Å². The number of rotatable bonds is 10. The van der Waals surface area contributed by atoms with Crippen LogP contribution in [-0.2, 0) is 0 Å². The zero-order valence-corrected chi connectivity index (χ0v) is 14.3. The first-order valence-electron chi connectivity index (χ1n) is 8.76. The minimum Gasteiger partial charge on any atom is -0.439 e. The first kappa shape index (κ1) is 18.0. The van der Waals surface area contributed by atoms with Crippen LogP contribution in [0, 0.1) is 0 Å². The Balaban J connectivity index is 1.77. The van der Waals surface area contributed by atoms with Crippen molar-refractivity contribution in [3.8, 4) is 11.6 Å². The smallest absolute Gasteiger partial charge is 0.251 e. The van der Waals surface area contributed by atoms with Gasteiger partial charge in [0, 0.05) is 24.4 Å². The van der Waals surface area contributed by atoms with Gasteiger partial charge in [0.05, 0.1) is 0 Å². The molecular weight excluding hydrogens is 300 g/mol. The first-order chi connectivity index (χ1) is 11.8. The van der Waals surface area contributed by atoms with Crippen molar-refractivity contribution in [3.63, 3.8) is 0 Å². The molecule has 4 nitrogen and oxygen atoms in total. The maximum absolute atomic E-state index is 12.2. The molecule has 1 N–H and O–H groups in total. The molecule has 0 unspecified atom stereocenters. The van der Waals surface area contributed by atoms with Crippen LogP contribution in [0.15, 0.2) is 48.7 Å². The van der Waals surface area contributed by atoms with E-state index in [4.69, 9.17) is 4.74 Å². The number of benzene rings is 1. The summed E-state index contributed by atoms with van der Waals surface area (Å²) < 4.78 is 5.66. The second-order valence-corrected chi connectivity index (χ2v) is 5.82. The topological polar surface area (TPSA) is 51.2 Å². The van der Waals surface area contributed by atoms with Crippen LogP contribution in [0.3, 0.4) is 0 Å². The molecule has 0 atom stereocenters. The molecule has 24 heavy (non-hydrogen) atoms. The number of amides is 1. The Labute approximate surface area is 144 Å². The number of hydrogen-bond donors (Lipinski definition) is 1. The first-order valence-corrected chi connectivity index (χ1v) is 8.76. The van der Waals surface area contributed by atoms with Crippen LogP contribution in [0.4, 0.5) is 0 Å². The number of ether oxygens (including phenoxy) is 1. The van der Waals surface area contributed by atoms with Gasteiger partial charge in [-0.1, -0.05) is 51.2 Å². The van der Waals surface area contributed by atoms with Crippen molar-refractivity contribution < 1.29 is 9.53 Å². The van der Waals surface area contributed by atoms with Crippen LogP contribution in [0.25, 0.3) is 0 Å². The molecule has 0 spiro atoms. The number of carbonyl (C=O) groups is 1. The molecule has 1 amide bonds. The second-order valence-electron chi connectivity index (χ2n) is 5.82. The minimum atomic E-state index is -0.0602. The molecular formula is C20H26N2O2. The van der Waals surface area contributed by atoms with E-state index in [0.29, 0.717) is 17.2 Å². The highest BCUT2D eigenvalue weighted by Gasteiger charge is 2.07. The zero-order valence-electron chi connectivity index (χ0n) is 14.3. The van der Waals surface area contributed by atoms with E-state index in [1.165, 1.54) is 32.1 Å². The molecule has 1 heterocycles. The van der Waals surface area contributed by atoms with Gasteiger partial charge < -0.3 is 10.1 Å². The van der Waals surface area contributed by atoms with Crippen molar-refractivity contribution in [1.29, 1.82) is 0 Å². The summed E-state index contributed by atoms with van der Waals surface area (Å²) >= 11 is 0. The number of aromatic nitrogens is 1. The van der Waals surface area contributed by atoms with E-state index in [2.05, 4.69) is 17.2 Å². The summed E-state index contributed by atoms with van der Waals surface area (Å²) in [6.45, 7) is 2.93. The van der Waals surface area contributed by atoms with E-state index in [1.807, 2.05) is 24.3 Å². The fraction of sp³-hybridized carbons (Fsp3) is 0.400. The Kier molecular flexibility index (Phi) is 7.81. The summed E-state index contributed by atoms with van der Waals surface area (Å²) in [6, 6.07) is 12.6. The van der Waals surface area contributed by atoms with Crippen LogP contribution in [-0.4, -0.2) is 17.4 Å². The lowest BCUT2D eigenvalue weighted by Gasteiger charge is -2.08. The molecule has 0 saturated carbocycles. The van der Waals surface area contributed by atoms with E-state index in [-0.39, 0.29) is 5.91 Å². The predicted molar refractivity (Wildman–Crippen MR) is 96.5 cm³/mol. The summed E-state index contributed by atoms with van der Waals surface area (Å²) in [5.41, 5.74) is 0.606. The van der Waals surface area contributed by atoms with Gasteiger partial charge in [-0.25, -0.2) is 4.98 Å². The molecule has 1 aromatic heterocycles. The van der Waals surface area contributed by atoms with Crippen LogP contribution in [0.1, 0.15) is 55.8 Å². The highest BCUT2D eigenvalue weighted by Crippen LogP contribution is 2.20. The fourth-order valence-electron chi connectivity index (χ4n) is 2.44. The molecule has 0 radical (unpaired) electrons. The molecule has 2 rings (SSSR count). The van der Waals surface area contributed by atoms with Crippen LogP contribution in [0.2, 0.25) is 0 Å². The predicted octanol–water partition coefficient (Wildman–Crippen LogP) is 4.96. The summed E-state index contributed by atoms with van der Waals surface area (Å²) in [5, 5.41) is 2.97. The van der Waals surface area contributed by atoms with E-state index >= 15 is 0 Å². The maximum Gasteiger partial charge on any atom is 0.251 e. The molecule has 2 aromatic rings. The Morgan fingerprint density at radius 2 is 1.88 bits per heavy atom. The third kappa shape index (κ3) is 6.41. The van der Waals surface area contributed by atoms with Gasteiger partial charge >= 0.3 is 0 Å². The van der Waals surface area contributed by atoms with E-state index in [9.17, 15) is 4.79 Å². The van der Waals surface area contributed by atoms with Gasteiger partial charge in [0.2, 0.25) is 5.88 Å². The fourth-order valence-corrected chi connectivity index (χ4v) is 2.44. The molecule has 0 aliphatic heterocycles. The Bertz CT molecular complexity index is 614. The molecule has 1 aromatic carbocycles. The summed E-state index contributed by atoms with van der Waals surface area (Å²) in [5.74, 6) is 1.07. The highest BCUT2D eigenvalue weighted by atomic mass is 16.5. The molecule has 0 fully saturated rings. The van der Waals surface area contributed by atoms with Gasteiger partial charge in [-0.2, -0.15) is 0 Å². The van der Waals surface area contributed by atoms with Gasteiger partial charge in [-0.15, -0.1) is 0 Å². The SMILES string of the molecule is CCCCCCCCNC(=O)c1cccc(Oc2ccccn2)c1. The van der Waals surface area contributed by atoms with Gasteiger partial charge in [-0.3, -0.25) is 4.79 Å². The Morgan fingerprint density at radius 3 is 2.67 bits per heavy atom. The van der Waals surface area contributed by atoms with Crippen LogP contribution < -0.4 is 10.1 Å². The summed E-state index contributed by atoms with van der Waals surface area (Å²) in [6.07, 6.45) is 8.96. The maximum atomic E-state index is 12.2. The number of pyridine rings is 1. The zero-order chi connectivity index (χ0) is 17.0. The van der Waals surface area contributed by atoms with Crippen molar-refractivity contribution >= 4 is 5.91 Å². The number of nitrogens with zero attached hydrogens (tertiary/aromatic N) is 1. The molecule has 0 bridgehead atoms. The van der Waals surface area contributed by atoms with Crippen molar-refractivity contribution in [2.24, 2.45) is 0 Å². The molecule has 0 aliphatic rings. The summed E-state index contributed by atoms with van der Waals surface area (Å²) in [4.78, 5) is 16.3. The number of carbonyl (C=O) groups excluding carboxylic acids is 1. The van der Waals surface area contributed by atoms with Crippen molar-refractivity contribution in [2.45, 2.75) is 45.4 Å². The van der Waals surface area contributed by atoms with Gasteiger partial charge in [0.25, 0.3) is 5.91 Å². The third-order valence-corrected chi connectivity index (χ3v) is 3.77. The minimum absolute atomic E-state index is 0.0602. The van der Waals surface area contributed by atoms with Gasteiger partial charge in [-0.05, 0) is 30.7 Å². The van der Waals surface area contributed by atoms with Crippen LogP contribution >= 0.6 is 0 Å². The van der Waals surface area contributed by atoms with Crippen molar-refractivity contribution in [1.82, 2.24) is 10.3 Å². The van der Waals surface area contributed by atoms with E-state index in [0.717, 1.165) is 13.0 Å². The Morgan fingerprint density at radius 1 is 1.04 bits per heavy atom. The molecule has 0 aliphatic carbocycles. The van der Waals surface area contributed by atoms with Gasteiger partial charge in [0.15, 0.2) is 0 Å². The normalized spacial score (nSPS) is 10.4. The quantitative estimate of drug-likeness (QED) is 0.628. The van der Waals surface area contributed by atoms with Crippen molar-refractivity contribution in [3.05, 3.63) is 54.2 Å². The summed E-state index contributed by atoms with van der Waals surface area (Å²) in [7, 11) is 0. The van der Waals surface area contributed by atoms with Crippen molar-refractivity contribution in [2.75, 3.05) is 6.54 Å². The largest absolute Gasteiger partial charge is 0.439 e. The Hall–Kier alpha value is -2.36. The third-order valence-electron chi connectivity index (χ3n) is 3.77. The van der Waals surface area contributed by atoms with Crippen LogP contribution in [0.5, 0.6) is 11.6 Å². The molecule has 0 saturated heterocycles. The standard InChI is InChI=1S/C20H26N2O2/c1-2-3-4-5-6-8-15-22-20(23)17-11-10-12-18(16-17)24-19-13-7-9-14-21-19/h7,9-14,16H,2-6,8,15H2,1H3,(H,22,23). The lowest BCUT2D eigenvalue weighted by molar-refractivity contribution is 0.0952. The van der Waals surface area contributed by atoms with E-state index < -0.39 is 0 Å². The highest BCUT2D eigenvalue weighted by molar-refractivity contribution is 5.94. The lowest BCUT2D eigenvalue weighted by atomic mass is 10.1. The number of hydrogen-bond acceptors (Lipinski definition) is 3. The average Bonchev–Trinajstić information content (AvgIpc) is 2.62. The average molecular weight is 326 g/mol. The number of nitrogens with one attached hydrogen (secondary N) is 1.